The molecule has 1 unspecified atom stereocenters. The van der Waals surface area contributed by atoms with Crippen molar-refractivity contribution in [3.63, 3.8) is 0 Å². The molecule has 0 bridgehead atoms. The number of nitrogens with two attached hydrogens (primary N) is 1. The monoisotopic (exact) mass is 356 g/mol. The number of amides is 1. The molecule has 1 amide bonds. The lowest BCUT2D eigenvalue weighted by Crippen LogP contribution is -2.45. The Balaban J connectivity index is 0.00000529. The molecular formula is C19H33ClN2O2. The second kappa shape index (κ2) is 11.3. The van der Waals surface area contributed by atoms with Gasteiger partial charge in [0.15, 0.2) is 0 Å². The van der Waals surface area contributed by atoms with E-state index in [2.05, 4.69) is 31.3 Å². The fourth-order valence-electron chi connectivity index (χ4n) is 2.43. The molecule has 2 atom stereocenters. The average Bonchev–Trinajstić information content (AvgIpc) is 2.45. The van der Waals surface area contributed by atoms with E-state index in [1.165, 1.54) is 5.56 Å². The number of hydrogen-bond acceptors (Lipinski definition) is 3. The van der Waals surface area contributed by atoms with Crippen LogP contribution in [0.5, 0.6) is 5.75 Å². The summed E-state index contributed by atoms with van der Waals surface area (Å²) in [7, 11) is 0. The topological polar surface area (TPSA) is 64.4 Å². The molecule has 0 aliphatic heterocycles. The first kappa shape index (κ1) is 22.7. The van der Waals surface area contributed by atoms with E-state index in [0.717, 1.165) is 25.0 Å². The summed E-state index contributed by atoms with van der Waals surface area (Å²) in [6.07, 6.45) is 2.72. The van der Waals surface area contributed by atoms with Crippen LogP contribution in [0.25, 0.3) is 0 Å². The number of carbonyl (C=O) groups excluding carboxylic acids is 1. The molecule has 0 aromatic heterocycles. The average molecular weight is 357 g/mol. The highest BCUT2D eigenvalue weighted by molar-refractivity contribution is 5.85. The number of aryl methyl sites for hydroxylation is 1. The van der Waals surface area contributed by atoms with Crippen molar-refractivity contribution in [1.29, 1.82) is 0 Å². The van der Waals surface area contributed by atoms with Gasteiger partial charge in [0.05, 0.1) is 12.1 Å². The van der Waals surface area contributed by atoms with Gasteiger partial charge >= 0.3 is 0 Å². The summed E-state index contributed by atoms with van der Waals surface area (Å²) in [5.41, 5.74) is 7.15. The number of rotatable bonds is 9. The van der Waals surface area contributed by atoms with Crippen LogP contribution in [0.3, 0.4) is 0 Å². The minimum atomic E-state index is -0.412. The lowest BCUT2D eigenvalue weighted by atomic mass is 10.0. The van der Waals surface area contributed by atoms with Gasteiger partial charge in [0.25, 0.3) is 0 Å². The first-order chi connectivity index (χ1) is 10.8. The maximum atomic E-state index is 12.0. The second-order valence-corrected chi connectivity index (χ2v) is 6.99. The van der Waals surface area contributed by atoms with Crippen molar-refractivity contribution in [2.45, 2.75) is 72.1 Å². The van der Waals surface area contributed by atoms with Crippen LogP contribution >= 0.6 is 12.4 Å². The minimum absolute atomic E-state index is 0. The van der Waals surface area contributed by atoms with E-state index in [1.54, 1.807) is 0 Å². The summed E-state index contributed by atoms with van der Waals surface area (Å²) < 4.78 is 5.63. The van der Waals surface area contributed by atoms with E-state index in [-0.39, 0.29) is 30.5 Å². The Morgan fingerprint density at radius 3 is 2.21 bits per heavy atom. The fourth-order valence-corrected chi connectivity index (χ4v) is 2.43. The lowest BCUT2D eigenvalue weighted by molar-refractivity contribution is -0.123. The van der Waals surface area contributed by atoms with Gasteiger partial charge in [0.2, 0.25) is 5.91 Å². The van der Waals surface area contributed by atoms with Gasteiger partial charge in [0, 0.05) is 6.04 Å². The molecule has 4 nitrogen and oxygen atoms in total. The third kappa shape index (κ3) is 9.14. The van der Waals surface area contributed by atoms with Crippen LogP contribution in [-0.4, -0.2) is 24.1 Å². The Hall–Kier alpha value is -1.26. The van der Waals surface area contributed by atoms with Crippen LogP contribution in [-0.2, 0) is 11.2 Å². The van der Waals surface area contributed by atoms with Gasteiger partial charge in [-0.2, -0.15) is 0 Å². The van der Waals surface area contributed by atoms with Crippen LogP contribution in [0.2, 0.25) is 0 Å². The third-order valence-electron chi connectivity index (χ3n) is 3.61. The largest absolute Gasteiger partial charge is 0.491 e. The molecule has 0 aliphatic carbocycles. The normalized spacial score (nSPS) is 13.3. The van der Waals surface area contributed by atoms with Crippen molar-refractivity contribution >= 4 is 18.3 Å². The summed E-state index contributed by atoms with van der Waals surface area (Å²) in [6.45, 7) is 10.2. The number of nitrogens with one attached hydrogen (secondary N) is 1. The minimum Gasteiger partial charge on any atom is -0.491 e. The molecule has 1 aromatic rings. The first-order valence-corrected chi connectivity index (χ1v) is 8.59. The standard InChI is InChI=1S/C19H32N2O2.ClH/c1-13(2)12-18(20)19(22)21-15(5)6-7-16-8-10-17(11-9-16)23-14(3)4;/h8-11,13-15,18H,6-7,12,20H2,1-5H3,(H,21,22);1H/t15?,18-;/m0./s1. The Morgan fingerprint density at radius 1 is 1.12 bits per heavy atom. The van der Waals surface area contributed by atoms with Gasteiger partial charge in [-0.05, 0) is 63.6 Å². The molecule has 0 saturated heterocycles. The molecule has 0 fully saturated rings. The van der Waals surface area contributed by atoms with Crippen molar-refractivity contribution in [1.82, 2.24) is 5.32 Å². The Labute approximate surface area is 152 Å². The molecule has 1 rings (SSSR count). The van der Waals surface area contributed by atoms with Crippen molar-refractivity contribution in [2.75, 3.05) is 0 Å². The molecule has 138 valence electrons. The summed E-state index contributed by atoms with van der Waals surface area (Å²) in [5, 5.41) is 3.00. The highest BCUT2D eigenvalue weighted by Gasteiger charge is 2.16. The van der Waals surface area contributed by atoms with Gasteiger partial charge in [-0.3, -0.25) is 4.79 Å². The predicted molar refractivity (Wildman–Crippen MR) is 103 cm³/mol. The van der Waals surface area contributed by atoms with E-state index in [0.29, 0.717) is 5.92 Å². The molecule has 0 heterocycles. The maximum Gasteiger partial charge on any atom is 0.237 e. The summed E-state index contributed by atoms with van der Waals surface area (Å²) in [6, 6.07) is 7.86. The molecule has 0 saturated carbocycles. The zero-order valence-corrected chi connectivity index (χ0v) is 16.4. The van der Waals surface area contributed by atoms with Crippen molar-refractivity contribution in [3.05, 3.63) is 29.8 Å². The van der Waals surface area contributed by atoms with Crippen molar-refractivity contribution in [3.8, 4) is 5.75 Å². The molecule has 24 heavy (non-hydrogen) atoms. The van der Waals surface area contributed by atoms with E-state index in [4.69, 9.17) is 10.5 Å². The molecule has 3 N–H and O–H groups in total. The first-order valence-electron chi connectivity index (χ1n) is 8.59. The molecule has 1 aromatic carbocycles. The van der Waals surface area contributed by atoms with E-state index in [1.807, 2.05) is 32.9 Å². The van der Waals surface area contributed by atoms with Crippen LogP contribution in [0.4, 0.5) is 0 Å². The van der Waals surface area contributed by atoms with E-state index >= 15 is 0 Å². The van der Waals surface area contributed by atoms with Crippen LogP contribution in [0, 0.1) is 5.92 Å². The van der Waals surface area contributed by atoms with Crippen LogP contribution in [0.15, 0.2) is 24.3 Å². The van der Waals surface area contributed by atoms with Crippen molar-refractivity contribution < 1.29 is 9.53 Å². The van der Waals surface area contributed by atoms with Gasteiger partial charge < -0.3 is 15.8 Å². The zero-order valence-electron chi connectivity index (χ0n) is 15.5. The molecule has 0 spiro atoms. The Kier molecular flexibility index (Phi) is 10.7. The number of benzene rings is 1. The number of halogens is 1. The molecule has 0 radical (unpaired) electrons. The smallest absolute Gasteiger partial charge is 0.237 e. The van der Waals surface area contributed by atoms with E-state index in [9.17, 15) is 4.79 Å². The highest BCUT2D eigenvalue weighted by Crippen LogP contribution is 2.15. The number of hydrogen-bond donors (Lipinski definition) is 2. The van der Waals surface area contributed by atoms with Crippen LogP contribution < -0.4 is 15.8 Å². The van der Waals surface area contributed by atoms with Crippen molar-refractivity contribution in [2.24, 2.45) is 11.7 Å². The van der Waals surface area contributed by atoms with Crippen LogP contribution in [0.1, 0.15) is 53.0 Å². The van der Waals surface area contributed by atoms with Gasteiger partial charge in [-0.15, -0.1) is 12.4 Å². The third-order valence-corrected chi connectivity index (χ3v) is 3.61. The SMILES string of the molecule is CC(C)C[C@H](N)C(=O)NC(C)CCc1ccc(OC(C)C)cc1.Cl. The summed E-state index contributed by atoms with van der Waals surface area (Å²) in [4.78, 5) is 12.0. The highest BCUT2D eigenvalue weighted by atomic mass is 35.5. The summed E-state index contributed by atoms with van der Waals surface area (Å²) >= 11 is 0. The predicted octanol–water partition coefficient (Wildman–Crippen LogP) is 3.71. The fraction of sp³-hybridized carbons (Fsp3) is 0.632. The quantitative estimate of drug-likeness (QED) is 0.709. The molecule has 5 heteroatoms. The number of carbonyl (C=O) groups is 1. The maximum absolute atomic E-state index is 12.0. The zero-order chi connectivity index (χ0) is 17.4. The lowest BCUT2D eigenvalue weighted by Gasteiger charge is -2.18. The molecular weight excluding hydrogens is 324 g/mol. The van der Waals surface area contributed by atoms with Gasteiger partial charge in [0.1, 0.15) is 5.75 Å². The Morgan fingerprint density at radius 2 is 1.71 bits per heavy atom. The van der Waals surface area contributed by atoms with Gasteiger partial charge in [-0.25, -0.2) is 0 Å². The van der Waals surface area contributed by atoms with E-state index < -0.39 is 6.04 Å². The summed E-state index contributed by atoms with van der Waals surface area (Å²) in [5.74, 6) is 1.27. The Bertz CT molecular complexity index is 475. The second-order valence-electron chi connectivity index (χ2n) is 6.99. The molecule has 0 aliphatic rings. The van der Waals surface area contributed by atoms with Gasteiger partial charge in [-0.1, -0.05) is 26.0 Å². The number of ether oxygens (including phenoxy) is 1.